The molecule has 32 heavy (non-hydrogen) atoms. The smallest absolute Gasteiger partial charge is 0.255 e. The van der Waals surface area contributed by atoms with Crippen LogP contribution < -0.4 is 10.1 Å². The van der Waals surface area contributed by atoms with Crippen LogP contribution in [0.2, 0.25) is 0 Å². The number of H-pyrrole nitrogens is 1. The maximum atomic E-state index is 12.9. The SMILES string of the molecule is COc1cc2c(cc1C(=O)NCCN1CCCC1)Cc1c(-c3ccc(C#N)cc3)n[nH]c1-2. The summed E-state index contributed by atoms with van der Waals surface area (Å²) in [5, 5.41) is 19.8. The molecule has 1 aromatic heterocycles. The van der Waals surface area contributed by atoms with Crippen LogP contribution in [0.5, 0.6) is 5.75 Å². The van der Waals surface area contributed by atoms with E-state index in [9.17, 15) is 4.79 Å². The van der Waals surface area contributed by atoms with Gasteiger partial charge in [-0.3, -0.25) is 9.89 Å². The zero-order chi connectivity index (χ0) is 22.1. The number of methoxy groups -OCH3 is 1. The molecular formula is C25H25N5O2. The number of benzene rings is 2. The monoisotopic (exact) mass is 427 g/mol. The normalized spacial score (nSPS) is 14.6. The van der Waals surface area contributed by atoms with Crippen LogP contribution in [-0.2, 0) is 6.42 Å². The van der Waals surface area contributed by atoms with Crippen LogP contribution in [0.15, 0.2) is 36.4 Å². The van der Waals surface area contributed by atoms with E-state index in [1.807, 2.05) is 24.3 Å². The predicted octanol–water partition coefficient (Wildman–Crippen LogP) is 3.35. The van der Waals surface area contributed by atoms with Gasteiger partial charge in [-0.2, -0.15) is 10.4 Å². The van der Waals surface area contributed by atoms with Gasteiger partial charge >= 0.3 is 0 Å². The number of nitriles is 1. The molecule has 1 fully saturated rings. The number of carbonyl (C=O) groups is 1. The van der Waals surface area contributed by atoms with Gasteiger partial charge in [-0.15, -0.1) is 0 Å². The summed E-state index contributed by atoms with van der Waals surface area (Å²) in [6.07, 6.45) is 3.17. The lowest BCUT2D eigenvalue weighted by molar-refractivity contribution is 0.0946. The van der Waals surface area contributed by atoms with Gasteiger partial charge in [0.2, 0.25) is 0 Å². The summed E-state index contributed by atoms with van der Waals surface area (Å²) >= 11 is 0. The van der Waals surface area contributed by atoms with E-state index < -0.39 is 0 Å². The number of likely N-dealkylation sites (tertiary alicyclic amines) is 1. The Hall–Kier alpha value is -3.63. The number of ether oxygens (including phenoxy) is 1. The fourth-order valence-corrected chi connectivity index (χ4v) is 4.67. The van der Waals surface area contributed by atoms with Gasteiger partial charge in [-0.25, -0.2) is 0 Å². The number of nitrogens with one attached hydrogen (secondary N) is 2. The molecule has 0 saturated carbocycles. The highest BCUT2D eigenvalue weighted by molar-refractivity contribution is 5.99. The highest BCUT2D eigenvalue weighted by atomic mass is 16.5. The first-order chi connectivity index (χ1) is 15.7. The van der Waals surface area contributed by atoms with Crippen LogP contribution in [0, 0.1) is 11.3 Å². The van der Waals surface area contributed by atoms with Crippen molar-refractivity contribution in [1.82, 2.24) is 20.4 Å². The molecule has 0 bridgehead atoms. The molecule has 0 spiro atoms. The molecule has 1 saturated heterocycles. The van der Waals surface area contributed by atoms with Gasteiger partial charge in [0, 0.05) is 36.2 Å². The average Bonchev–Trinajstić information content (AvgIpc) is 3.55. The Morgan fingerprint density at radius 1 is 1.25 bits per heavy atom. The molecule has 2 N–H and O–H groups in total. The molecular weight excluding hydrogens is 402 g/mol. The number of amides is 1. The molecule has 1 aliphatic carbocycles. The summed E-state index contributed by atoms with van der Waals surface area (Å²) in [5.41, 5.74) is 7.15. The maximum Gasteiger partial charge on any atom is 0.255 e. The van der Waals surface area contributed by atoms with E-state index in [0.717, 1.165) is 53.3 Å². The molecule has 1 amide bonds. The van der Waals surface area contributed by atoms with E-state index >= 15 is 0 Å². The number of hydrogen-bond donors (Lipinski definition) is 2. The van der Waals surface area contributed by atoms with Crippen LogP contribution in [-0.4, -0.2) is 54.3 Å². The predicted molar refractivity (Wildman–Crippen MR) is 122 cm³/mol. The lowest BCUT2D eigenvalue weighted by Gasteiger charge is -2.16. The zero-order valence-corrected chi connectivity index (χ0v) is 18.1. The Bertz CT molecular complexity index is 1200. The minimum absolute atomic E-state index is 0.107. The Balaban J connectivity index is 1.38. The summed E-state index contributed by atoms with van der Waals surface area (Å²) in [7, 11) is 1.59. The summed E-state index contributed by atoms with van der Waals surface area (Å²) < 4.78 is 5.57. The fraction of sp³-hybridized carbons (Fsp3) is 0.320. The van der Waals surface area contributed by atoms with Crippen LogP contribution in [0.3, 0.4) is 0 Å². The van der Waals surface area contributed by atoms with E-state index in [1.54, 1.807) is 19.2 Å². The molecule has 3 aromatic rings. The van der Waals surface area contributed by atoms with E-state index in [-0.39, 0.29) is 5.91 Å². The third-order valence-corrected chi connectivity index (χ3v) is 6.37. The highest BCUT2D eigenvalue weighted by Gasteiger charge is 2.28. The van der Waals surface area contributed by atoms with Crippen molar-refractivity contribution in [3.8, 4) is 34.3 Å². The topological polar surface area (TPSA) is 94.0 Å². The van der Waals surface area contributed by atoms with Gasteiger partial charge in [-0.1, -0.05) is 12.1 Å². The van der Waals surface area contributed by atoms with Gasteiger partial charge in [0.15, 0.2) is 0 Å². The van der Waals surface area contributed by atoms with Gasteiger partial charge < -0.3 is 15.0 Å². The summed E-state index contributed by atoms with van der Waals surface area (Å²) in [6.45, 7) is 3.74. The van der Waals surface area contributed by atoms with Crippen molar-refractivity contribution >= 4 is 5.91 Å². The molecule has 162 valence electrons. The molecule has 2 aliphatic rings. The third kappa shape index (κ3) is 3.63. The van der Waals surface area contributed by atoms with Crippen molar-refractivity contribution in [2.75, 3.05) is 33.3 Å². The number of rotatable bonds is 6. The Morgan fingerprint density at radius 2 is 2.03 bits per heavy atom. The first-order valence-electron chi connectivity index (χ1n) is 11.0. The van der Waals surface area contributed by atoms with Crippen molar-refractivity contribution in [1.29, 1.82) is 5.26 Å². The van der Waals surface area contributed by atoms with Crippen LogP contribution >= 0.6 is 0 Å². The molecule has 7 heteroatoms. The standard InChI is InChI=1S/C25H25N5O2/c1-32-22-14-19-18(12-20(22)25(31)27-8-11-30-9-2-3-10-30)13-21-23(28-29-24(19)21)17-6-4-16(15-26)5-7-17/h4-7,12,14H,2-3,8-11,13H2,1H3,(H,27,31)(H,28,29). The largest absolute Gasteiger partial charge is 0.496 e. The van der Waals surface area contributed by atoms with Gasteiger partial charge in [0.05, 0.1) is 35.7 Å². The van der Waals surface area contributed by atoms with Crippen molar-refractivity contribution in [2.45, 2.75) is 19.3 Å². The lowest BCUT2D eigenvalue weighted by atomic mass is 10.0. The van der Waals surface area contributed by atoms with Crippen LogP contribution in [0.4, 0.5) is 0 Å². The average molecular weight is 428 g/mol. The molecule has 0 unspecified atom stereocenters. The number of aromatic amines is 1. The summed E-state index contributed by atoms with van der Waals surface area (Å²) in [6, 6.07) is 13.4. The van der Waals surface area contributed by atoms with E-state index in [0.29, 0.717) is 29.8 Å². The molecule has 2 aromatic carbocycles. The fourth-order valence-electron chi connectivity index (χ4n) is 4.67. The second-order valence-corrected chi connectivity index (χ2v) is 8.31. The van der Waals surface area contributed by atoms with E-state index in [4.69, 9.17) is 10.00 Å². The Kier molecular flexibility index (Phi) is 5.38. The van der Waals surface area contributed by atoms with Crippen LogP contribution in [0.1, 0.15) is 39.9 Å². The maximum absolute atomic E-state index is 12.9. The van der Waals surface area contributed by atoms with Gasteiger partial charge in [0.25, 0.3) is 5.91 Å². The Labute approximate surface area is 187 Å². The first kappa shape index (κ1) is 20.3. The number of hydrogen-bond acceptors (Lipinski definition) is 5. The van der Waals surface area contributed by atoms with Crippen molar-refractivity contribution in [2.24, 2.45) is 0 Å². The molecule has 0 atom stereocenters. The third-order valence-electron chi connectivity index (χ3n) is 6.37. The van der Waals surface area contributed by atoms with Crippen LogP contribution in [0.25, 0.3) is 22.5 Å². The molecule has 5 rings (SSSR count). The molecule has 1 aliphatic heterocycles. The van der Waals surface area contributed by atoms with Crippen molar-refractivity contribution in [3.63, 3.8) is 0 Å². The number of fused-ring (bicyclic) bond motifs is 3. The molecule has 0 radical (unpaired) electrons. The van der Waals surface area contributed by atoms with Crippen molar-refractivity contribution < 1.29 is 9.53 Å². The minimum atomic E-state index is -0.107. The van der Waals surface area contributed by atoms with Crippen molar-refractivity contribution in [3.05, 3.63) is 58.7 Å². The molecule has 7 nitrogen and oxygen atoms in total. The van der Waals surface area contributed by atoms with E-state index in [2.05, 4.69) is 26.5 Å². The molecule has 2 heterocycles. The quantitative estimate of drug-likeness (QED) is 0.492. The van der Waals surface area contributed by atoms with Gasteiger partial charge in [0.1, 0.15) is 5.75 Å². The Morgan fingerprint density at radius 3 is 2.75 bits per heavy atom. The first-order valence-corrected chi connectivity index (χ1v) is 11.0. The zero-order valence-electron chi connectivity index (χ0n) is 18.1. The second kappa shape index (κ2) is 8.48. The number of carbonyl (C=O) groups excluding carboxylic acids is 1. The minimum Gasteiger partial charge on any atom is -0.496 e. The highest BCUT2D eigenvalue weighted by Crippen LogP contribution is 2.42. The number of aromatic nitrogens is 2. The second-order valence-electron chi connectivity index (χ2n) is 8.31. The summed E-state index contributed by atoms with van der Waals surface area (Å²) in [4.78, 5) is 15.3. The summed E-state index contributed by atoms with van der Waals surface area (Å²) in [5.74, 6) is 0.453. The van der Waals surface area contributed by atoms with E-state index in [1.165, 1.54) is 12.8 Å². The number of nitrogens with zero attached hydrogens (tertiary/aromatic N) is 3. The lowest BCUT2D eigenvalue weighted by Crippen LogP contribution is -2.33. The van der Waals surface area contributed by atoms with Gasteiger partial charge in [-0.05, 0) is 55.8 Å².